The molecule has 290 valence electrons. The second kappa shape index (κ2) is 39.9. The van der Waals surface area contributed by atoms with Crippen molar-refractivity contribution in [2.45, 2.75) is 237 Å². The summed E-state index contributed by atoms with van der Waals surface area (Å²) in [5.41, 5.74) is 0. The molecule has 0 fully saturated rings. The number of halogens is 1. The van der Waals surface area contributed by atoms with Crippen LogP contribution in [0.5, 0.6) is 0 Å². The lowest BCUT2D eigenvalue weighted by Gasteiger charge is -2.27. The van der Waals surface area contributed by atoms with Gasteiger partial charge in [0.2, 0.25) is 0 Å². The van der Waals surface area contributed by atoms with Gasteiger partial charge in [-0.2, -0.15) is 0 Å². The number of aliphatic hydroxyl groups excluding tert-OH is 1. The maximum absolute atomic E-state index is 9.87. The Labute approximate surface area is 307 Å². The molecule has 0 amide bonds. The largest absolute Gasteiger partial charge is 0.395 e. The summed E-state index contributed by atoms with van der Waals surface area (Å²) in [6.45, 7) is 6.92. The topological polar surface area (TPSA) is 41.9 Å². The Kier molecular flexibility index (Phi) is 40.0. The lowest BCUT2D eigenvalue weighted by Crippen LogP contribution is -2.37. The van der Waals surface area contributed by atoms with Crippen molar-refractivity contribution in [2.75, 3.05) is 40.5 Å². The summed E-state index contributed by atoms with van der Waals surface area (Å²) in [7, 11) is 4.07. The smallest absolute Gasteiger partial charge is 0.0824 e. The van der Waals surface area contributed by atoms with E-state index in [-0.39, 0.29) is 18.8 Å². The highest BCUT2D eigenvalue weighted by Gasteiger charge is 2.19. The molecule has 0 heterocycles. The Hall–Kier alpha value is 0.130. The number of hydrogen-bond donors (Lipinski definition) is 1. The molecule has 0 saturated carbocycles. The van der Waals surface area contributed by atoms with Gasteiger partial charge in [-0.15, -0.1) is 11.6 Å². The molecule has 0 aliphatic carbocycles. The number of hydrogen-bond acceptors (Lipinski definition) is 4. The van der Waals surface area contributed by atoms with Crippen molar-refractivity contribution in [3.8, 4) is 0 Å². The fourth-order valence-electron chi connectivity index (χ4n) is 6.80. The van der Waals surface area contributed by atoms with Crippen molar-refractivity contribution in [1.29, 1.82) is 0 Å². The van der Waals surface area contributed by atoms with Crippen molar-refractivity contribution in [1.82, 2.24) is 4.90 Å². The van der Waals surface area contributed by atoms with Crippen LogP contribution >= 0.6 is 11.6 Å². The van der Waals surface area contributed by atoms with Crippen LogP contribution in [-0.2, 0) is 9.47 Å². The fourth-order valence-corrected chi connectivity index (χ4v) is 7.10. The van der Waals surface area contributed by atoms with Crippen molar-refractivity contribution < 1.29 is 14.6 Å². The van der Waals surface area contributed by atoms with E-state index < -0.39 is 0 Å². The third-order valence-electron chi connectivity index (χ3n) is 10.3. The molecule has 0 saturated heterocycles. The Morgan fingerprint density at radius 1 is 0.500 bits per heavy atom. The van der Waals surface area contributed by atoms with E-state index in [1.807, 2.05) is 14.1 Å². The summed E-state index contributed by atoms with van der Waals surface area (Å²) in [4.78, 5) is 2.10. The first-order chi connectivity index (χ1) is 23.5. The zero-order valence-electron chi connectivity index (χ0n) is 33.3. The van der Waals surface area contributed by atoms with Gasteiger partial charge in [0.25, 0.3) is 0 Å². The summed E-state index contributed by atoms with van der Waals surface area (Å²) in [6.07, 6.45) is 42.7. The molecule has 0 radical (unpaired) electrons. The Morgan fingerprint density at radius 2 is 0.854 bits per heavy atom. The van der Waals surface area contributed by atoms with Crippen LogP contribution in [0.3, 0.4) is 0 Å². The van der Waals surface area contributed by atoms with E-state index in [2.05, 4.69) is 18.7 Å². The predicted molar refractivity (Wildman–Crippen MR) is 214 cm³/mol. The minimum atomic E-state index is 0.0442. The average molecular weight is 703 g/mol. The van der Waals surface area contributed by atoms with Crippen LogP contribution in [0.1, 0.15) is 219 Å². The summed E-state index contributed by atoms with van der Waals surface area (Å²) >= 11 is 6.64. The lowest BCUT2D eigenvalue weighted by atomic mass is 10.0. The van der Waals surface area contributed by atoms with Gasteiger partial charge >= 0.3 is 0 Å². The van der Waals surface area contributed by atoms with Crippen LogP contribution in [0.4, 0.5) is 0 Å². The number of ether oxygens (including phenoxy) is 2. The van der Waals surface area contributed by atoms with E-state index in [0.717, 1.165) is 51.7 Å². The summed E-state index contributed by atoms with van der Waals surface area (Å²) in [5, 5.41) is 10.2. The Bertz CT molecular complexity index is 592. The minimum absolute atomic E-state index is 0.0442. The highest BCUT2D eigenvalue weighted by Crippen LogP contribution is 2.18. The molecular weight excluding hydrogens is 614 g/mol. The first-order valence-corrected chi connectivity index (χ1v) is 22.1. The second-order valence-corrected chi connectivity index (χ2v) is 15.9. The second-order valence-electron chi connectivity index (χ2n) is 15.3. The fraction of sp³-hybridized carbons (Fsp3) is 1.00. The third kappa shape index (κ3) is 35.9. The Balaban J connectivity index is 3.82. The molecular formula is C43H88ClNO3. The first-order valence-electron chi connectivity index (χ1n) is 21.7. The first kappa shape index (κ1) is 48.1. The standard InChI is InChI=1S/C43H88ClNO3/c1-5-7-9-11-13-15-17-18-19-20-21-23-25-27-29-32-37-48-43(38-42(39-46)45(3)4)40-47-36-33-31-35-41(44)34-30-28-26-24-22-16-14-12-10-8-6-2/h41-43,46H,5-40H2,1-4H3. The molecule has 0 aromatic carbocycles. The highest BCUT2D eigenvalue weighted by atomic mass is 35.5. The molecule has 0 rings (SSSR count). The predicted octanol–water partition coefficient (Wildman–Crippen LogP) is 13.4. The molecule has 0 bridgehead atoms. The van der Waals surface area contributed by atoms with Crippen molar-refractivity contribution in [3.63, 3.8) is 0 Å². The maximum atomic E-state index is 9.87. The number of unbranched alkanes of at least 4 members (excludes halogenated alkanes) is 26. The zero-order valence-corrected chi connectivity index (χ0v) is 34.0. The van der Waals surface area contributed by atoms with Gasteiger partial charge in [0.05, 0.1) is 19.3 Å². The maximum Gasteiger partial charge on any atom is 0.0824 e. The lowest BCUT2D eigenvalue weighted by molar-refractivity contribution is -0.0363. The summed E-state index contributed by atoms with van der Waals surface area (Å²) in [6, 6.07) is 0.108. The van der Waals surface area contributed by atoms with E-state index in [1.54, 1.807) is 0 Å². The van der Waals surface area contributed by atoms with E-state index in [1.165, 1.54) is 167 Å². The molecule has 4 nitrogen and oxygen atoms in total. The van der Waals surface area contributed by atoms with Gasteiger partial charge < -0.3 is 19.5 Å². The van der Waals surface area contributed by atoms with Crippen LogP contribution in [0.25, 0.3) is 0 Å². The minimum Gasteiger partial charge on any atom is -0.395 e. The van der Waals surface area contributed by atoms with Crippen molar-refractivity contribution in [2.24, 2.45) is 0 Å². The summed E-state index contributed by atoms with van der Waals surface area (Å²) < 4.78 is 12.4. The molecule has 3 atom stereocenters. The van der Waals surface area contributed by atoms with Gasteiger partial charge in [0.15, 0.2) is 0 Å². The zero-order chi connectivity index (χ0) is 35.2. The number of rotatable bonds is 41. The van der Waals surface area contributed by atoms with E-state index in [0.29, 0.717) is 12.0 Å². The van der Waals surface area contributed by atoms with Gasteiger partial charge in [-0.3, -0.25) is 0 Å². The Morgan fingerprint density at radius 3 is 1.25 bits per heavy atom. The van der Waals surface area contributed by atoms with E-state index in [9.17, 15) is 5.11 Å². The molecule has 0 aromatic heterocycles. The molecule has 0 aliphatic rings. The number of alkyl halides is 1. The van der Waals surface area contributed by atoms with Gasteiger partial charge in [-0.1, -0.05) is 181 Å². The highest BCUT2D eigenvalue weighted by molar-refractivity contribution is 6.20. The number of nitrogens with zero attached hydrogens (tertiary/aromatic N) is 1. The third-order valence-corrected chi connectivity index (χ3v) is 10.7. The van der Waals surface area contributed by atoms with Crippen molar-refractivity contribution >= 4 is 11.6 Å². The molecule has 3 unspecified atom stereocenters. The SMILES string of the molecule is CCCCCCCCCCCCCCCCCCOC(COCCCCC(Cl)CCCCCCCCCCCCC)CC(CO)N(C)C. The van der Waals surface area contributed by atoms with Crippen LogP contribution in [0.2, 0.25) is 0 Å². The number of aliphatic hydroxyl groups is 1. The van der Waals surface area contributed by atoms with Gasteiger partial charge in [-0.05, 0) is 52.6 Å². The van der Waals surface area contributed by atoms with Crippen molar-refractivity contribution in [3.05, 3.63) is 0 Å². The molecule has 0 spiro atoms. The van der Waals surface area contributed by atoms with Gasteiger partial charge in [0, 0.05) is 24.6 Å². The average Bonchev–Trinajstić information content (AvgIpc) is 3.08. The molecule has 48 heavy (non-hydrogen) atoms. The quantitative estimate of drug-likeness (QED) is 0.0509. The van der Waals surface area contributed by atoms with Crippen LogP contribution in [0.15, 0.2) is 0 Å². The molecule has 0 aliphatic heterocycles. The van der Waals surface area contributed by atoms with E-state index >= 15 is 0 Å². The van der Waals surface area contributed by atoms with Gasteiger partial charge in [-0.25, -0.2) is 0 Å². The monoisotopic (exact) mass is 702 g/mol. The molecule has 5 heteroatoms. The van der Waals surface area contributed by atoms with Gasteiger partial charge in [0.1, 0.15) is 0 Å². The number of likely N-dealkylation sites (N-methyl/N-ethyl adjacent to an activating group) is 1. The summed E-state index contributed by atoms with van der Waals surface area (Å²) in [5.74, 6) is 0. The van der Waals surface area contributed by atoms with Crippen LogP contribution in [-0.4, -0.2) is 68.1 Å². The van der Waals surface area contributed by atoms with E-state index in [4.69, 9.17) is 21.1 Å². The van der Waals surface area contributed by atoms with Crippen LogP contribution in [0, 0.1) is 0 Å². The molecule has 0 aromatic rings. The normalized spacial score (nSPS) is 13.8. The van der Waals surface area contributed by atoms with Crippen LogP contribution < -0.4 is 0 Å². The molecule has 1 N–H and O–H groups in total.